The van der Waals surface area contributed by atoms with Crippen molar-refractivity contribution in [3.8, 4) is 11.4 Å². The SMILES string of the molecule is Cc1cc(-c2nc(NN)c3cc(C)sc3n2)cc(C)n1. The van der Waals surface area contributed by atoms with Crippen LogP contribution in [0.25, 0.3) is 21.6 Å². The van der Waals surface area contributed by atoms with E-state index < -0.39 is 0 Å². The summed E-state index contributed by atoms with van der Waals surface area (Å²) in [7, 11) is 0. The summed E-state index contributed by atoms with van der Waals surface area (Å²) in [6.07, 6.45) is 0. The Morgan fingerprint density at radius 2 is 1.70 bits per heavy atom. The van der Waals surface area contributed by atoms with Crippen molar-refractivity contribution in [1.82, 2.24) is 15.0 Å². The summed E-state index contributed by atoms with van der Waals surface area (Å²) in [6, 6.07) is 6.01. The van der Waals surface area contributed by atoms with E-state index in [1.54, 1.807) is 11.3 Å². The van der Waals surface area contributed by atoms with Gasteiger partial charge in [0.2, 0.25) is 0 Å². The lowest BCUT2D eigenvalue weighted by Gasteiger charge is -2.06. The minimum Gasteiger partial charge on any atom is -0.308 e. The molecule has 0 fully saturated rings. The van der Waals surface area contributed by atoms with Gasteiger partial charge in [0.15, 0.2) is 11.6 Å². The molecule has 0 aliphatic carbocycles. The molecular weight excluding hydrogens is 270 g/mol. The zero-order valence-corrected chi connectivity index (χ0v) is 12.4. The Hall–Kier alpha value is -2.05. The highest BCUT2D eigenvalue weighted by atomic mass is 32.1. The lowest BCUT2D eigenvalue weighted by Crippen LogP contribution is -2.09. The van der Waals surface area contributed by atoms with E-state index in [2.05, 4.69) is 20.4 Å². The number of hydrogen-bond acceptors (Lipinski definition) is 6. The number of rotatable bonds is 2. The van der Waals surface area contributed by atoms with Crippen LogP contribution in [0.3, 0.4) is 0 Å². The average Bonchev–Trinajstić information content (AvgIpc) is 2.76. The van der Waals surface area contributed by atoms with Gasteiger partial charge in [0, 0.05) is 21.8 Å². The van der Waals surface area contributed by atoms with Crippen LogP contribution in [0, 0.1) is 20.8 Å². The number of aromatic nitrogens is 3. The molecule has 0 bridgehead atoms. The minimum atomic E-state index is 0.654. The van der Waals surface area contributed by atoms with Gasteiger partial charge in [0.25, 0.3) is 0 Å². The van der Waals surface area contributed by atoms with E-state index in [-0.39, 0.29) is 0 Å². The zero-order valence-electron chi connectivity index (χ0n) is 11.6. The first kappa shape index (κ1) is 13.0. The number of aryl methyl sites for hydroxylation is 3. The van der Waals surface area contributed by atoms with Crippen LogP contribution < -0.4 is 11.3 Å². The summed E-state index contributed by atoms with van der Waals surface area (Å²) < 4.78 is 0. The summed E-state index contributed by atoms with van der Waals surface area (Å²) in [6.45, 7) is 5.98. The average molecular weight is 285 g/mol. The van der Waals surface area contributed by atoms with Crippen LogP contribution in [0.15, 0.2) is 18.2 Å². The van der Waals surface area contributed by atoms with Crippen LogP contribution >= 0.6 is 11.3 Å². The molecule has 0 spiro atoms. The van der Waals surface area contributed by atoms with Gasteiger partial charge >= 0.3 is 0 Å². The number of pyridine rings is 1. The van der Waals surface area contributed by atoms with E-state index in [0.29, 0.717) is 11.6 Å². The molecule has 0 saturated carbocycles. The number of nitrogens with two attached hydrogens (primary N) is 1. The summed E-state index contributed by atoms with van der Waals surface area (Å²) in [5, 5.41) is 0.959. The molecule has 20 heavy (non-hydrogen) atoms. The molecule has 0 amide bonds. The van der Waals surface area contributed by atoms with Crippen molar-refractivity contribution in [3.05, 3.63) is 34.5 Å². The fourth-order valence-electron chi connectivity index (χ4n) is 2.24. The molecule has 3 N–H and O–H groups in total. The Labute approximate surface area is 120 Å². The van der Waals surface area contributed by atoms with E-state index in [4.69, 9.17) is 5.84 Å². The predicted octanol–water partition coefficient (Wildman–Crippen LogP) is 2.96. The van der Waals surface area contributed by atoms with Crippen LogP contribution in [0.2, 0.25) is 0 Å². The third kappa shape index (κ3) is 2.23. The van der Waals surface area contributed by atoms with Gasteiger partial charge in [-0.2, -0.15) is 0 Å². The number of anilines is 1. The van der Waals surface area contributed by atoms with Crippen LogP contribution in [0.4, 0.5) is 5.82 Å². The number of thiophene rings is 1. The Balaban J connectivity index is 2.25. The van der Waals surface area contributed by atoms with Gasteiger partial charge < -0.3 is 5.43 Å². The molecule has 3 rings (SSSR count). The fraction of sp³-hybridized carbons (Fsp3) is 0.214. The smallest absolute Gasteiger partial charge is 0.163 e. The third-order valence-corrected chi connectivity index (χ3v) is 3.94. The topological polar surface area (TPSA) is 76.7 Å². The van der Waals surface area contributed by atoms with Crippen LogP contribution in [0.5, 0.6) is 0 Å². The van der Waals surface area contributed by atoms with Gasteiger partial charge in [-0.1, -0.05) is 0 Å². The Bertz CT molecular complexity index is 773. The van der Waals surface area contributed by atoms with Gasteiger partial charge in [-0.3, -0.25) is 4.98 Å². The van der Waals surface area contributed by atoms with Gasteiger partial charge in [-0.05, 0) is 39.0 Å². The molecule has 5 nitrogen and oxygen atoms in total. The molecule has 0 aliphatic heterocycles. The second-order valence-electron chi connectivity index (χ2n) is 4.75. The zero-order chi connectivity index (χ0) is 14.3. The van der Waals surface area contributed by atoms with E-state index in [1.807, 2.05) is 39.0 Å². The van der Waals surface area contributed by atoms with Gasteiger partial charge in [-0.15, -0.1) is 11.3 Å². The number of fused-ring (bicyclic) bond motifs is 1. The number of nitrogens with one attached hydrogen (secondary N) is 1. The highest BCUT2D eigenvalue weighted by Crippen LogP contribution is 2.30. The second-order valence-corrected chi connectivity index (χ2v) is 5.99. The Kier molecular flexibility index (Phi) is 3.11. The molecule has 3 heterocycles. The molecule has 102 valence electrons. The van der Waals surface area contributed by atoms with Crippen molar-refractivity contribution >= 4 is 27.4 Å². The molecule has 3 aromatic rings. The Morgan fingerprint density at radius 3 is 2.35 bits per heavy atom. The maximum absolute atomic E-state index is 5.58. The highest BCUT2D eigenvalue weighted by Gasteiger charge is 2.12. The van der Waals surface area contributed by atoms with Crippen LogP contribution in [-0.4, -0.2) is 15.0 Å². The summed E-state index contributed by atoms with van der Waals surface area (Å²) in [5.74, 6) is 6.91. The molecular formula is C14H15N5S. The van der Waals surface area contributed by atoms with Gasteiger partial charge in [-0.25, -0.2) is 15.8 Å². The van der Waals surface area contributed by atoms with Crippen molar-refractivity contribution in [3.63, 3.8) is 0 Å². The van der Waals surface area contributed by atoms with Gasteiger partial charge in [0.1, 0.15) is 4.83 Å². The second kappa shape index (κ2) is 4.81. The molecule has 3 aromatic heterocycles. The van der Waals surface area contributed by atoms with Crippen LogP contribution in [0.1, 0.15) is 16.3 Å². The van der Waals surface area contributed by atoms with Crippen molar-refractivity contribution in [1.29, 1.82) is 0 Å². The first-order valence-corrected chi connectivity index (χ1v) is 7.09. The van der Waals surface area contributed by atoms with Crippen molar-refractivity contribution < 1.29 is 0 Å². The summed E-state index contributed by atoms with van der Waals surface area (Å²) in [4.78, 5) is 15.7. The molecule has 0 aromatic carbocycles. The predicted molar refractivity (Wildman–Crippen MR) is 82.7 cm³/mol. The molecule has 6 heteroatoms. The standard InChI is InChI=1S/C14H15N5S/c1-7-4-10(5-8(2)16-7)12-17-13(19-15)11-6-9(3)20-14(11)18-12/h4-6H,15H2,1-3H3,(H,17,18,19). The number of nitrogen functional groups attached to an aromatic ring is 1. The quantitative estimate of drug-likeness (QED) is 0.559. The fourth-order valence-corrected chi connectivity index (χ4v) is 3.12. The monoisotopic (exact) mass is 285 g/mol. The van der Waals surface area contributed by atoms with Crippen LogP contribution in [-0.2, 0) is 0 Å². The third-order valence-electron chi connectivity index (χ3n) is 2.99. The summed E-state index contributed by atoms with van der Waals surface area (Å²) in [5.41, 5.74) is 5.52. The van der Waals surface area contributed by atoms with E-state index in [0.717, 1.165) is 27.2 Å². The molecule has 0 atom stereocenters. The van der Waals surface area contributed by atoms with Crippen molar-refractivity contribution in [2.24, 2.45) is 5.84 Å². The molecule has 0 aliphatic rings. The lowest BCUT2D eigenvalue weighted by molar-refractivity contribution is 1.11. The van der Waals surface area contributed by atoms with E-state index in [9.17, 15) is 0 Å². The number of nitrogens with zero attached hydrogens (tertiary/aromatic N) is 3. The van der Waals surface area contributed by atoms with E-state index >= 15 is 0 Å². The number of hydrogen-bond donors (Lipinski definition) is 2. The normalized spacial score (nSPS) is 11.0. The first-order chi connectivity index (χ1) is 9.56. The van der Waals surface area contributed by atoms with Crippen molar-refractivity contribution in [2.45, 2.75) is 20.8 Å². The first-order valence-electron chi connectivity index (χ1n) is 6.27. The van der Waals surface area contributed by atoms with Crippen molar-refractivity contribution in [2.75, 3.05) is 5.43 Å². The van der Waals surface area contributed by atoms with E-state index in [1.165, 1.54) is 4.88 Å². The molecule has 0 radical (unpaired) electrons. The largest absolute Gasteiger partial charge is 0.308 e. The lowest BCUT2D eigenvalue weighted by atomic mass is 10.2. The summed E-state index contributed by atoms with van der Waals surface area (Å²) >= 11 is 1.64. The maximum atomic E-state index is 5.58. The number of hydrazine groups is 1. The highest BCUT2D eigenvalue weighted by molar-refractivity contribution is 7.18. The minimum absolute atomic E-state index is 0.654. The maximum Gasteiger partial charge on any atom is 0.163 e. The molecule has 0 unspecified atom stereocenters. The van der Waals surface area contributed by atoms with Gasteiger partial charge in [0.05, 0.1) is 5.39 Å². The molecule has 0 saturated heterocycles. The Morgan fingerprint density at radius 1 is 1.00 bits per heavy atom.